The van der Waals surface area contributed by atoms with Crippen LogP contribution in [0.1, 0.15) is 37.8 Å². The Bertz CT molecular complexity index is 1060. The number of esters is 2. The second-order valence-corrected chi connectivity index (χ2v) is 7.92. The lowest BCUT2D eigenvalue weighted by atomic mass is 9.80. The van der Waals surface area contributed by atoms with E-state index in [9.17, 15) is 9.59 Å². The standard InChI is InChI=1S/C24H23Cl2NO4/c1-4-30-23(28)20-14(2)27-15(3)21(22(20)18-7-5-6-8-19(18)26)24(29)31-13-16-9-11-17(25)12-10-16/h5-12,22,27H,4,13H2,1-3H3. The zero-order valence-electron chi connectivity index (χ0n) is 17.5. The summed E-state index contributed by atoms with van der Waals surface area (Å²) in [7, 11) is 0. The SMILES string of the molecule is CCOC(=O)C1=C(C)NC(C)=C(C(=O)OCc2ccc(Cl)cc2)C1c1ccccc1Cl. The molecule has 0 aliphatic carbocycles. The van der Waals surface area contributed by atoms with Crippen molar-refractivity contribution in [1.82, 2.24) is 5.32 Å². The Hall–Kier alpha value is -2.76. The lowest BCUT2D eigenvalue weighted by Gasteiger charge is -2.31. The van der Waals surface area contributed by atoms with E-state index in [0.717, 1.165) is 5.56 Å². The van der Waals surface area contributed by atoms with E-state index >= 15 is 0 Å². The van der Waals surface area contributed by atoms with Gasteiger partial charge in [0.1, 0.15) is 6.61 Å². The molecule has 2 aromatic rings. The van der Waals surface area contributed by atoms with Crippen LogP contribution < -0.4 is 5.32 Å². The van der Waals surface area contributed by atoms with Gasteiger partial charge in [-0.25, -0.2) is 9.59 Å². The summed E-state index contributed by atoms with van der Waals surface area (Å²) < 4.78 is 10.9. The van der Waals surface area contributed by atoms with Crippen molar-refractivity contribution in [2.45, 2.75) is 33.3 Å². The maximum atomic E-state index is 13.2. The van der Waals surface area contributed by atoms with Crippen LogP contribution in [0, 0.1) is 0 Å². The number of carbonyl (C=O) groups is 2. The van der Waals surface area contributed by atoms with E-state index in [1.807, 2.05) is 6.07 Å². The van der Waals surface area contributed by atoms with Gasteiger partial charge in [-0.15, -0.1) is 0 Å². The van der Waals surface area contributed by atoms with Crippen molar-refractivity contribution in [1.29, 1.82) is 0 Å². The number of carbonyl (C=O) groups excluding carboxylic acids is 2. The van der Waals surface area contributed by atoms with E-state index in [-0.39, 0.29) is 13.2 Å². The molecule has 1 unspecified atom stereocenters. The van der Waals surface area contributed by atoms with E-state index in [1.54, 1.807) is 63.2 Å². The Kier molecular flexibility index (Phi) is 7.42. The van der Waals surface area contributed by atoms with Crippen molar-refractivity contribution in [3.63, 3.8) is 0 Å². The quantitative estimate of drug-likeness (QED) is 0.574. The first-order valence-electron chi connectivity index (χ1n) is 9.85. The predicted molar refractivity (Wildman–Crippen MR) is 121 cm³/mol. The molecule has 2 aromatic carbocycles. The van der Waals surface area contributed by atoms with E-state index in [0.29, 0.717) is 38.1 Å². The average Bonchev–Trinajstić information content (AvgIpc) is 2.73. The number of rotatable bonds is 6. The highest BCUT2D eigenvalue weighted by atomic mass is 35.5. The Balaban J connectivity index is 2.00. The minimum absolute atomic E-state index is 0.0689. The topological polar surface area (TPSA) is 64.6 Å². The zero-order valence-corrected chi connectivity index (χ0v) is 19.0. The van der Waals surface area contributed by atoms with Crippen LogP contribution in [0.5, 0.6) is 0 Å². The number of ether oxygens (including phenoxy) is 2. The number of halogens is 2. The largest absolute Gasteiger partial charge is 0.463 e. The highest BCUT2D eigenvalue weighted by molar-refractivity contribution is 6.31. The second kappa shape index (κ2) is 10.0. The Morgan fingerprint density at radius 3 is 2.06 bits per heavy atom. The highest BCUT2D eigenvalue weighted by Crippen LogP contribution is 2.41. The molecule has 0 amide bonds. The summed E-state index contributed by atoms with van der Waals surface area (Å²) in [6.07, 6.45) is 0. The van der Waals surface area contributed by atoms with Gasteiger partial charge in [-0.3, -0.25) is 0 Å². The first-order valence-corrected chi connectivity index (χ1v) is 10.6. The van der Waals surface area contributed by atoms with Crippen molar-refractivity contribution in [2.75, 3.05) is 6.61 Å². The van der Waals surface area contributed by atoms with Gasteiger partial charge >= 0.3 is 11.9 Å². The van der Waals surface area contributed by atoms with Crippen LogP contribution in [-0.4, -0.2) is 18.5 Å². The molecule has 5 nitrogen and oxygen atoms in total. The molecule has 0 saturated heterocycles. The highest BCUT2D eigenvalue weighted by Gasteiger charge is 2.38. The molecule has 0 aromatic heterocycles. The number of hydrogen-bond donors (Lipinski definition) is 1. The molecule has 0 radical (unpaired) electrons. The van der Waals surface area contributed by atoms with Gasteiger partial charge in [-0.05, 0) is 50.1 Å². The molecule has 1 atom stereocenters. The molecule has 0 saturated carbocycles. The molecule has 1 aliphatic rings. The molecule has 31 heavy (non-hydrogen) atoms. The maximum absolute atomic E-state index is 13.2. The Labute approximate surface area is 191 Å². The van der Waals surface area contributed by atoms with Gasteiger partial charge < -0.3 is 14.8 Å². The first kappa shape index (κ1) is 22.9. The first-order chi connectivity index (χ1) is 14.8. The summed E-state index contributed by atoms with van der Waals surface area (Å²) in [5.41, 5.74) is 3.28. The van der Waals surface area contributed by atoms with Crippen molar-refractivity contribution >= 4 is 35.1 Å². The van der Waals surface area contributed by atoms with Crippen LogP contribution in [-0.2, 0) is 25.7 Å². The lowest BCUT2D eigenvalue weighted by Crippen LogP contribution is -2.32. The van der Waals surface area contributed by atoms with Gasteiger partial charge in [0, 0.05) is 21.4 Å². The fourth-order valence-corrected chi connectivity index (χ4v) is 3.94. The van der Waals surface area contributed by atoms with Crippen molar-refractivity contribution in [2.24, 2.45) is 0 Å². The van der Waals surface area contributed by atoms with Gasteiger partial charge in [0.15, 0.2) is 0 Å². The molecule has 1 heterocycles. The number of benzene rings is 2. The smallest absolute Gasteiger partial charge is 0.337 e. The monoisotopic (exact) mass is 459 g/mol. The summed E-state index contributed by atoms with van der Waals surface area (Å²) in [6.45, 7) is 5.56. The molecule has 1 aliphatic heterocycles. The van der Waals surface area contributed by atoms with E-state index in [1.165, 1.54) is 0 Å². The molecule has 0 fully saturated rings. The van der Waals surface area contributed by atoms with Gasteiger partial charge in [-0.2, -0.15) is 0 Å². The van der Waals surface area contributed by atoms with Gasteiger partial charge in [0.25, 0.3) is 0 Å². The van der Waals surface area contributed by atoms with E-state index in [4.69, 9.17) is 32.7 Å². The number of allylic oxidation sites excluding steroid dienone is 2. The van der Waals surface area contributed by atoms with Crippen LogP contribution in [0.3, 0.4) is 0 Å². The molecule has 1 N–H and O–H groups in total. The predicted octanol–water partition coefficient (Wildman–Crippen LogP) is 5.53. The normalized spacial score (nSPS) is 16.1. The molecular formula is C24H23Cl2NO4. The summed E-state index contributed by atoms with van der Waals surface area (Å²) in [5.74, 6) is -1.76. The molecular weight excluding hydrogens is 437 g/mol. The Morgan fingerprint density at radius 1 is 0.903 bits per heavy atom. The van der Waals surface area contributed by atoms with Crippen LogP contribution in [0.2, 0.25) is 10.0 Å². The van der Waals surface area contributed by atoms with Crippen LogP contribution in [0.15, 0.2) is 71.1 Å². The zero-order chi connectivity index (χ0) is 22.5. The summed E-state index contributed by atoms with van der Waals surface area (Å²) in [4.78, 5) is 26.1. The second-order valence-electron chi connectivity index (χ2n) is 7.08. The summed E-state index contributed by atoms with van der Waals surface area (Å²) in [5, 5.41) is 4.17. The third-order valence-electron chi connectivity index (χ3n) is 4.98. The van der Waals surface area contributed by atoms with Crippen molar-refractivity contribution in [3.05, 3.63) is 92.2 Å². The van der Waals surface area contributed by atoms with E-state index < -0.39 is 17.9 Å². The van der Waals surface area contributed by atoms with Crippen LogP contribution in [0.25, 0.3) is 0 Å². The Morgan fingerprint density at radius 2 is 1.48 bits per heavy atom. The van der Waals surface area contributed by atoms with Crippen LogP contribution in [0.4, 0.5) is 0 Å². The average molecular weight is 460 g/mol. The summed E-state index contributed by atoms with van der Waals surface area (Å²) in [6, 6.07) is 14.2. The van der Waals surface area contributed by atoms with Gasteiger partial charge in [-0.1, -0.05) is 53.5 Å². The maximum Gasteiger partial charge on any atom is 0.337 e. The third kappa shape index (κ3) is 5.12. The van der Waals surface area contributed by atoms with Crippen molar-refractivity contribution < 1.29 is 19.1 Å². The van der Waals surface area contributed by atoms with Crippen LogP contribution >= 0.6 is 23.2 Å². The fourth-order valence-electron chi connectivity index (χ4n) is 3.57. The van der Waals surface area contributed by atoms with Gasteiger partial charge in [0.2, 0.25) is 0 Å². The minimum atomic E-state index is -0.716. The lowest BCUT2D eigenvalue weighted by molar-refractivity contribution is -0.140. The van der Waals surface area contributed by atoms with Crippen molar-refractivity contribution in [3.8, 4) is 0 Å². The summed E-state index contributed by atoms with van der Waals surface area (Å²) >= 11 is 12.4. The molecule has 162 valence electrons. The number of dihydropyridines is 1. The minimum Gasteiger partial charge on any atom is -0.463 e. The van der Waals surface area contributed by atoms with E-state index in [2.05, 4.69) is 5.32 Å². The fraction of sp³-hybridized carbons (Fsp3) is 0.250. The van der Waals surface area contributed by atoms with Gasteiger partial charge in [0.05, 0.1) is 23.7 Å². The number of nitrogens with one attached hydrogen (secondary N) is 1. The molecule has 0 spiro atoms. The molecule has 7 heteroatoms. The molecule has 3 rings (SSSR count). The number of hydrogen-bond acceptors (Lipinski definition) is 5. The molecule has 0 bridgehead atoms. The third-order valence-corrected chi connectivity index (χ3v) is 5.57.